The molecule has 2 heterocycles. The van der Waals surface area contributed by atoms with Crippen molar-refractivity contribution in [1.82, 2.24) is 14.2 Å². The normalized spacial score (nSPS) is 15.5. The van der Waals surface area contributed by atoms with Crippen LogP contribution in [-0.4, -0.2) is 54.7 Å². The Morgan fingerprint density at radius 3 is 2.40 bits per heavy atom. The van der Waals surface area contributed by atoms with Gasteiger partial charge in [0.2, 0.25) is 15.6 Å². The first-order valence-electron chi connectivity index (χ1n) is 9.14. The minimum absolute atomic E-state index is 0.0583. The number of para-hydroxylation sites is 1. The summed E-state index contributed by atoms with van der Waals surface area (Å²) in [4.78, 5) is 29.2. The fraction of sp³-hybridized carbons (Fsp3) is 0.200. The number of pyridine rings is 1. The number of sulfonamides is 1. The minimum atomic E-state index is -3.85. The van der Waals surface area contributed by atoms with Crippen LogP contribution in [-0.2, 0) is 10.0 Å². The average Bonchev–Trinajstić information content (AvgIpc) is 2.74. The Morgan fingerprint density at radius 1 is 0.967 bits per heavy atom. The van der Waals surface area contributed by atoms with Gasteiger partial charge in [0.15, 0.2) is 0 Å². The number of rotatable bonds is 3. The van der Waals surface area contributed by atoms with Crippen molar-refractivity contribution in [2.45, 2.75) is 4.90 Å². The van der Waals surface area contributed by atoms with E-state index >= 15 is 0 Å². The van der Waals surface area contributed by atoms with E-state index in [1.807, 2.05) is 0 Å². The molecule has 1 fully saturated rings. The molecule has 156 valence electrons. The highest BCUT2D eigenvalue weighted by atomic mass is 35.5. The zero-order valence-electron chi connectivity index (χ0n) is 15.6. The van der Waals surface area contributed by atoms with Crippen LogP contribution >= 0.6 is 23.2 Å². The number of aromatic amines is 1. The van der Waals surface area contributed by atoms with Gasteiger partial charge >= 0.3 is 0 Å². The molecule has 0 spiro atoms. The highest BCUT2D eigenvalue weighted by Crippen LogP contribution is 2.28. The molecule has 1 N–H and O–H groups in total. The summed E-state index contributed by atoms with van der Waals surface area (Å²) in [7, 11) is -3.85. The summed E-state index contributed by atoms with van der Waals surface area (Å²) in [6, 6.07) is 12.6. The maximum absolute atomic E-state index is 13.1. The van der Waals surface area contributed by atoms with E-state index in [2.05, 4.69) is 4.98 Å². The Balaban J connectivity index is 1.56. The monoisotopic (exact) mass is 465 g/mol. The average molecular weight is 466 g/mol. The van der Waals surface area contributed by atoms with Crippen LogP contribution in [0.3, 0.4) is 0 Å². The van der Waals surface area contributed by atoms with Crippen molar-refractivity contribution in [2.75, 3.05) is 26.2 Å². The highest BCUT2D eigenvalue weighted by Gasteiger charge is 2.32. The number of halogens is 2. The van der Waals surface area contributed by atoms with Crippen molar-refractivity contribution in [3.05, 3.63) is 74.5 Å². The number of piperazine rings is 1. The van der Waals surface area contributed by atoms with Gasteiger partial charge in [-0.15, -0.1) is 0 Å². The third kappa shape index (κ3) is 3.83. The molecule has 1 aliphatic heterocycles. The predicted octanol–water partition coefficient (Wildman–Crippen LogP) is 2.98. The van der Waals surface area contributed by atoms with Gasteiger partial charge in [-0.25, -0.2) is 8.42 Å². The fourth-order valence-electron chi connectivity index (χ4n) is 3.50. The van der Waals surface area contributed by atoms with Gasteiger partial charge < -0.3 is 9.88 Å². The molecule has 0 aliphatic carbocycles. The summed E-state index contributed by atoms with van der Waals surface area (Å²) in [5.41, 5.74) is 0.502. The van der Waals surface area contributed by atoms with Gasteiger partial charge in [0.25, 0.3) is 5.91 Å². The summed E-state index contributed by atoms with van der Waals surface area (Å²) in [6.45, 7) is 0.602. The summed E-state index contributed by atoms with van der Waals surface area (Å²) < 4.78 is 27.2. The summed E-state index contributed by atoms with van der Waals surface area (Å²) in [6.07, 6.45) is 0. The number of carbonyl (C=O) groups is 1. The molecule has 2 aromatic carbocycles. The van der Waals surface area contributed by atoms with Gasteiger partial charge in [-0.05, 0) is 24.3 Å². The second-order valence-electron chi connectivity index (χ2n) is 6.86. The Labute approximate surface area is 182 Å². The summed E-state index contributed by atoms with van der Waals surface area (Å²) >= 11 is 12.0. The van der Waals surface area contributed by atoms with E-state index in [-0.39, 0.29) is 52.6 Å². The molecule has 10 heteroatoms. The van der Waals surface area contributed by atoms with Crippen LogP contribution in [0, 0.1) is 0 Å². The molecular formula is C20H17Cl2N3O4S. The molecule has 1 saturated heterocycles. The molecule has 30 heavy (non-hydrogen) atoms. The number of fused-ring (bicyclic) bond motifs is 1. The molecule has 3 aromatic rings. The number of benzene rings is 2. The Bertz CT molecular complexity index is 1300. The zero-order chi connectivity index (χ0) is 21.5. The van der Waals surface area contributed by atoms with Crippen molar-refractivity contribution in [2.24, 2.45) is 0 Å². The Hall–Kier alpha value is -2.39. The zero-order valence-corrected chi connectivity index (χ0v) is 18.0. The summed E-state index contributed by atoms with van der Waals surface area (Å²) in [5, 5.41) is 1.00. The van der Waals surface area contributed by atoms with Crippen molar-refractivity contribution >= 4 is 50.0 Å². The molecule has 7 nitrogen and oxygen atoms in total. The van der Waals surface area contributed by atoms with Gasteiger partial charge in [0.05, 0.1) is 10.6 Å². The highest BCUT2D eigenvalue weighted by molar-refractivity contribution is 7.89. The van der Waals surface area contributed by atoms with Crippen LogP contribution in [0.1, 0.15) is 10.4 Å². The van der Waals surface area contributed by atoms with E-state index in [1.54, 1.807) is 29.2 Å². The number of hydrogen-bond donors (Lipinski definition) is 1. The van der Waals surface area contributed by atoms with Gasteiger partial charge in [-0.2, -0.15) is 4.31 Å². The van der Waals surface area contributed by atoms with Crippen molar-refractivity contribution in [1.29, 1.82) is 0 Å². The van der Waals surface area contributed by atoms with Crippen LogP contribution in [0.5, 0.6) is 0 Å². The quantitative estimate of drug-likeness (QED) is 0.643. The first kappa shape index (κ1) is 20.9. The van der Waals surface area contributed by atoms with E-state index in [0.29, 0.717) is 16.5 Å². The number of carbonyl (C=O) groups excluding carboxylic acids is 1. The van der Waals surface area contributed by atoms with E-state index < -0.39 is 10.0 Å². The molecule has 4 rings (SSSR count). The first-order chi connectivity index (χ1) is 14.3. The molecule has 0 atom stereocenters. The molecule has 1 aromatic heterocycles. The maximum atomic E-state index is 13.1. The SMILES string of the molecule is O=C(c1cc(=O)[nH]c2ccccc12)N1CCN(S(=O)(=O)c2cc(Cl)ccc2Cl)CC1. The molecule has 1 amide bonds. The summed E-state index contributed by atoms with van der Waals surface area (Å²) in [5.74, 6) is -0.310. The minimum Gasteiger partial charge on any atom is -0.336 e. The van der Waals surface area contributed by atoms with Crippen molar-refractivity contribution in [3.8, 4) is 0 Å². The number of hydrogen-bond acceptors (Lipinski definition) is 4. The second kappa shape index (κ2) is 8.03. The van der Waals surface area contributed by atoms with Crippen LogP contribution in [0.2, 0.25) is 10.0 Å². The number of amides is 1. The molecule has 0 unspecified atom stereocenters. The number of nitrogens with zero attached hydrogens (tertiary/aromatic N) is 2. The molecule has 0 saturated carbocycles. The largest absolute Gasteiger partial charge is 0.336 e. The molecule has 0 bridgehead atoms. The molecule has 0 radical (unpaired) electrons. The first-order valence-corrected chi connectivity index (χ1v) is 11.3. The van der Waals surface area contributed by atoms with Gasteiger partial charge in [0, 0.05) is 48.2 Å². The lowest BCUT2D eigenvalue weighted by Crippen LogP contribution is -2.50. The lowest BCUT2D eigenvalue weighted by Gasteiger charge is -2.34. The number of aromatic nitrogens is 1. The van der Waals surface area contributed by atoms with E-state index in [9.17, 15) is 18.0 Å². The molecular weight excluding hydrogens is 449 g/mol. The Morgan fingerprint density at radius 2 is 1.67 bits per heavy atom. The second-order valence-corrected chi connectivity index (χ2v) is 9.61. The van der Waals surface area contributed by atoms with E-state index in [1.165, 1.54) is 28.6 Å². The van der Waals surface area contributed by atoms with Gasteiger partial charge in [-0.1, -0.05) is 41.4 Å². The standard InChI is InChI=1S/C20H17Cl2N3O4S/c21-13-5-6-16(22)18(11-13)30(28,29)25-9-7-24(8-10-25)20(27)15-12-19(26)23-17-4-2-1-3-14(15)17/h1-6,11-12H,7-10H2,(H,23,26). The molecule has 1 aliphatic rings. The van der Waals surface area contributed by atoms with Crippen LogP contribution in [0.25, 0.3) is 10.9 Å². The van der Waals surface area contributed by atoms with Crippen LogP contribution in [0.4, 0.5) is 0 Å². The van der Waals surface area contributed by atoms with Gasteiger partial charge in [0.1, 0.15) is 4.90 Å². The number of H-pyrrole nitrogens is 1. The third-order valence-corrected chi connectivity index (χ3v) is 7.63. The number of nitrogens with one attached hydrogen (secondary N) is 1. The fourth-order valence-corrected chi connectivity index (χ4v) is 5.66. The third-order valence-electron chi connectivity index (χ3n) is 5.02. The Kier molecular flexibility index (Phi) is 5.59. The maximum Gasteiger partial charge on any atom is 0.254 e. The predicted molar refractivity (Wildman–Crippen MR) is 116 cm³/mol. The lowest BCUT2D eigenvalue weighted by atomic mass is 10.1. The lowest BCUT2D eigenvalue weighted by molar-refractivity contribution is 0.0699. The van der Waals surface area contributed by atoms with E-state index in [0.717, 1.165) is 0 Å². The topological polar surface area (TPSA) is 90.6 Å². The van der Waals surface area contributed by atoms with Crippen LogP contribution < -0.4 is 5.56 Å². The smallest absolute Gasteiger partial charge is 0.254 e. The van der Waals surface area contributed by atoms with Crippen molar-refractivity contribution < 1.29 is 13.2 Å². The van der Waals surface area contributed by atoms with Crippen molar-refractivity contribution in [3.63, 3.8) is 0 Å². The van der Waals surface area contributed by atoms with Gasteiger partial charge in [-0.3, -0.25) is 9.59 Å². The van der Waals surface area contributed by atoms with E-state index in [4.69, 9.17) is 23.2 Å². The van der Waals surface area contributed by atoms with Crippen LogP contribution in [0.15, 0.2) is 58.2 Å².